The van der Waals surface area contributed by atoms with Crippen molar-refractivity contribution in [2.24, 2.45) is 0 Å². The summed E-state index contributed by atoms with van der Waals surface area (Å²) in [4.78, 5) is 12.8. The summed E-state index contributed by atoms with van der Waals surface area (Å²) in [6.45, 7) is 0. The maximum Gasteiger partial charge on any atom is 0.340 e. The molecule has 5 nitrogen and oxygen atoms in total. The lowest BCUT2D eigenvalue weighted by molar-refractivity contribution is 0.0224. The van der Waals surface area contributed by atoms with Crippen LogP contribution in [0.4, 0.5) is 11.4 Å². The number of halogens is 4. The lowest BCUT2D eigenvalue weighted by Crippen LogP contribution is -2.33. The minimum absolute atomic E-state index is 0.383. The number of hydrogen-bond donors (Lipinski definition) is 0. The number of hydrogen-bond acceptors (Lipinski definition) is 5. The van der Waals surface area contributed by atoms with Gasteiger partial charge < -0.3 is 9.47 Å². The number of carbonyl (C=O) groups excluding carboxylic acids is 1. The minimum Gasteiger partial charge on any atom is -0.456 e. The van der Waals surface area contributed by atoms with Crippen molar-refractivity contribution in [2.45, 2.75) is 5.60 Å². The molecule has 0 saturated heterocycles. The summed E-state index contributed by atoms with van der Waals surface area (Å²) in [6, 6.07) is 18.3. The Hall–Kier alpha value is -1.93. The van der Waals surface area contributed by atoms with E-state index in [1.807, 2.05) is 42.5 Å². The van der Waals surface area contributed by atoms with E-state index in [0.717, 1.165) is 5.56 Å². The molecule has 0 saturated carbocycles. The predicted octanol–water partition coefficient (Wildman–Crippen LogP) is 6.79. The van der Waals surface area contributed by atoms with Gasteiger partial charge in [0.25, 0.3) is 0 Å². The van der Waals surface area contributed by atoms with E-state index in [-0.39, 0.29) is 5.97 Å². The number of nitrogens with zero attached hydrogens (tertiary/aromatic N) is 2. The van der Waals surface area contributed by atoms with Crippen molar-refractivity contribution in [1.82, 2.24) is 0 Å². The van der Waals surface area contributed by atoms with E-state index < -0.39 is 5.60 Å². The van der Waals surface area contributed by atoms with Gasteiger partial charge in [0.05, 0.1) is 49.2 Å². The number of rotatable bonds is 2. The Morgan fingerprint density at radius 1 is 0.793 bits per heavy atom. The van der Waals surface area contributed by atoms with Gasteiger partial charge in [0.1, 0.15) is 11.5 Å². The highest BCUT2D eigenvalue weighted by Gasteiger charge is 2.53. The summed E-state index contributed by atoms with van der Waals surface area (Å²) in [7, 11) is 0. The number of anilines is 2. The highest BCUT2D eigenvalue weighted by molar-refractivity contribution is 9.10. The first-order chi connectivity index (χ1) is 13.9. The van der Waals surface area contributed by atoms with E-state index in [0.29, 0.717) is 39.6 Å². The number of ether oxygens (including phenoxy) is 2. The van der Waals surface area contributed by atoms with Crippen LogP contribution in [0.1, 0.15) is 27.0 Å². The molecule has 3 aromatic rings. The van der Waals surface area contributed by atoms with Crippen LogP contribution in [0.15, 0.2) is 60.7 Å². The fourth-order valence-corrected chi connectivity index (χ4v) is 4.52. The molecule has 0 N–H and O–H groups in total. The number of esters is 1. The molecule has 146 valence electrons. The molecule has 9 heteroatoms. The van der Waals surface area contributed by atoms with Crippen LogP contribution in [-0.4, -0.2) is 5.97 Å². The summed E-state index contributed by atoms with van der Waals surface area (Å²) >= 11 is 18.5. The van der Waals surface area contributed by atoms with Crippen LogP contribution in [0.25, 0.3) is 0 Å². The normalized spacial score (nSPS) is 15.1. The van der Waals surface area contributed by atoms with Crippen molar-refractivity contribution in [1.29, 1.82) is 0 Å². The van der Waals surface area contributed by atoms with Crippen LogP contribution in [0, 0.1) is 0 Å². The summed E-state index contributed by atoms with van der Waals surface area (Å²) in [5, 5.41) is 0. The second-order valence-electron chi connectivity index (χ2n) is 6.55. The third-order valence-electron chi connectivity index (χ3n) is 5.07. The molecular formula is C20H10Br2Cl2N2O3. The molecule has 2 aliphatic rings. The first-order valence-electron chi connectivity index (χ1n) is 8.45. The maximum atomic E-state index is 12.8. The van der Waals surface area contributed by atoms with Gasteiger partial charge in [-0.15, -0.1) is 0 Å². The molecular weight excluding hydrogens is 547 g/mol. The maximum absolute atomic E-state index is 12.8. The Balaban J connectivity index is 1.83. The molecule has 0 unspecified atom stereocenters. The van der Waals surface area contributed by atoms with Crippen molar-refractivity contribution >= 4 is 73.2 Å². The smallest absolute Gasteiger partial charge is 0.340 e. The van der Waals surface area contributed by atoms with E-state index >= 15 is 0 Å². The largest absolute Gasteiger partial charge is 0.456 e. The lowest BCUT2D eigenvalue weighted by Gasteiger charge is -2.37. The van der Waals surface area contributed by atoms with Crippen LogP contribution in [0.5, 0.6) is 11.5 Å². The van der Waals surface area contributed by atoms with Gasteiger partial charge in [0.15, 0.2) is 5.60 Å². The summed E-state index contributed by atoms with van der Waals surface area (Å²) in [5.41, 5.74) is 2.92. The van der Waals surface area contributed by atoms with Crippen molar-refractivity contribution < 1.29 is 14.3 Å². The molecule has 0 atom stereocenters. The van der Waals surface area contributed by atoms with E-state index in [1.165, 1.54) is 6.89 Å². The third-order valence-corrected chi connectivity index (χ3v) is 6.28. The highest BCUT2D eigenvalue weighted by atomic mass is 79.9. The van der Waals surface area contributed by atoms with Gasteiger partial charge in [-0.2, -0.15) is 0 Å². The van der Waals surface area contributed by atoms with E-state index in [2.05, 4.69) is 32.3 Å². The number of fused-ring (bicyclic) bond motifs is 6. The summed E-state index contributed by atoms with van der Waals surface area (Å²) in [5.74, 6) is 0.668. The Labute approximate surface area is 193 Å². The first-order valence-corrected chi connectivity index (χ1v) is 10.5. The monoisotopic (exact) mass is 554 g/mol. The van der Waals surface area contributed by atoms with Crippen LogP contribution in [0.2, 0.25) is 0 Å². The predicted molar refractivity (Wildman–Crippen MR) is 119 cm³/mol. The lowest BCUT2D eigenvalue weighted by atomic mass is 9.77. The summed E-state index contributed by atoms with van der Waals surface area (Å²) in [6.07, 6.45) is 0. The Bertz CT molecular complexity index is 1110. The van der Waals surface area contributed by atoms with Gasteiger partial charge in [-0.3, -0.25) is 0 Å². The Kier molecular flexibility index (Phi) is 4.47. The summed E-state index contributed by atoms with van der Waals surface area (Å²) < 4.78 is 14.8. The van der Waals surface area contributed by atoms with Gasteiger partial charge in [0.2, 0.25) is 0 Å². The fraction of sp³-hybridized carbons (Fsp3) is 0.0500. The third kappa shape index (κ3) is 2.75. The zero-order chi connectivity index (χ0) is 20.3. The molecule has 0 aliphatic carbocycles. The zero-order valence-electron chi connectivity index (χ0n) is 14.4. The van der Waals surface area contributed by atoms with E-state index in [4.69, 9.17) is 33.0 Å². The van der Waals surface area contributed by atoms with Gasteiger partial charge in [0, 0.05) is 52.4 Å². The molecule has 2 heterocycles. The Morgan fingerprint density at radius 2 is 1.34 bits per heavy atom. The highest BCUT2D eigenvalue weighted by Crippen LogP contribution is 2.57. The SMILES string of the molecule is O=C1OC2(c3ccc(N(Cl)Br)cc3Oc3cc(N(Cl)Br)ccc32)c2ccccc21. The number of carbonyl (C=O) groups is 1. The molecule has 1 spiro atoms. The van der Waals surface area contributed by atoms with Crippen LogP contribution in [0.3, 0.4) is 0 Å². The molecule has 0 amide bonds. The van der Waals surface area contributed by atoms with Crippen molar-refractivity contribution in [3.05, 3.63) is 82.9 Å². The van der Waals surface area contributed by atoms with Crippen molar-refractivity contribution in [2.75, 3.05) is 6.89 Å². The van der Waals surface area contributed by atoms with Gasteiger partial charge in [-0.1, -0.05) is 18.2 Å². The van der Waals surface area contributed by atoms with E-state index in [9.17, 15) is 4.79 Å². The molecule has 2 aliphatic heterocycles. The molecule has 0 radical (unpaired) electrons. The van der Waals surface area contributed by atoms with Crippen molar-refractivity contribution in [3.63, 3.8) is 0 Å². The van der Waals surface area contributed by atoms with Crippen molar-refractivity contribution in [3.8, 4) is 11.5 Å². The van der Waals surface area contributed by atoms with E-state index in [1.54, 1.807) is 18.2 Å². The average molecular weight is 557 g/mol. The quantitative estimate of drug-likeness (QED) is 0.257. The second-order valence-corrected chi connectivity index (χ2v) is 9.46. The average Bonchev–Trinajstić information content (AvgIpc) is 3.01. The van der Waals surface area contributed by atoms with Gasteiger partial charge in [-0.05, 0) is 30.3 Å². The topological polar surface area (TPSA) is 42.0 Å². The molecule has 0 fully saturated rings. The van der Waals surface area contributed by atoms with Gasteiger partial charge >= 0.3 is 5.97 Å². The first kappa shape index (κ1) is 19.1. The van der Waals surface area contributed by atoms with Crippen LogP contribution >= 0.6 is 55.8 Å². The Morgan fingerprint density at radius 3 is 1.90 bits per heavy atom. The van der Waals surface area contributed by atoms with Gasteiger partial charge in [-0.25, -0.2) is 11.7 Å². The fourth-order valence-electron chi connectivity index (χ4n) is 3.86. The van der Waals surface area contributed by atoms with Crippen LogP contribution in [-0.2, 0) is 10.3 Å². The second kappa shape index (κ2) is 6.80. The molecule has 29 heavy (non-hydrogen) atoms. The van der Waals surface area contributed by atoms with Crippen LogP contribution < -0.4 is 11.6 Å². The molecule has 0 aromatic heterocycles. The minimum atomic E-state index is -1.12. The number of benzene rings is 3. The zero-order valence-corrected chi connectivity index (χ0v) is 19.1. The molecule has 3 aromatic carbocycles. The standard InChI is InChI=1S/C20H10Br2Cl2N2O3/c21-25(23)11-5-7-15-17(9-11)28-18-10-12(26(22)24)6-8-16(18)20(15)14-4-2-1-3-13(14)19(27)29-20/h1-10H. The molecule has 5 rings (SSSR count). The molecule has 0 bridgehead atoms.